The molecule has 0 radical (unpaired) electrons. The molecule has 1 rings (SSSR count). The number of benzene rings is 1. The van der Waals surface area contributed by atoms with Gasteiger partial charge in [-0.05, 0) is 30.9 Å². The zero-order chi connectivity index (χ0) is 15.3. The van der Waals surface area contributed by atoms with Gasteiger partial charge in [0.1, 0.15) is 6.04 Å². The van der Waals surface area contributed by atoms with Crippen LogP contribution < -0.4 is 5.32 Å². The summed E-state index contributed by atoms with van der Waals surface area (Å²) in [5, 5.41) is 11.8. The Kier molecular flexibility index (Phi) is 5.55. The Morgan fingerprint density at radius 1 is 1.25 bits per heavy atom. The van der Waals surface area contributed by atoms with Crippen molar-refractivity contribution in [3.63, 3.8) is 0 Å². The van der Waals surface area contributed by atoms with Gasteiger partial charge in [-0.2, -0.15) is 0 Å². The van der Waals surface area contributed by atoms with Gasteiger partial charge in [-0.25, -0.2) is 9.59 Å². The van der Waals surface area contributed by atoms with E-state index in [9.17, 15) is 9.59 Å². The van der Waals surface area contributed by atoms with Crippen molar-refractivity contribution in [2.45, 2.75) is 39.7 Å². The number of hydrogen-bond acceptors (Lipinski definition) is 2. The number of anilines is 1. The van der Waals surface area contributed by atoms with Crippen LogP contribution in [0, 0.1) is 0 Å². The minimum absolute atomic E-state index is 0.407. The molecule has 1 unspecified atom stereocenters. The SMILES string of the molecule is CCc1cccc(CC)c1NC(=O)N(C)C(C)C(=O)O. The first-order valence-electron chi connectivity index (χ1n) is 6.79. The molecule has 20 heavy (non-hydrogen) atoms. The fourth-order valence-electron chi connectivity index (χ4n) is 1.94. The summed E-state index contributed by atoms with van der Waals surface area (Å²) in [4.78, 5) is 24.3. The van der Waals surface area contributed by atoms with Gasteiger partial charge in [0.05, 0.1) is 0 Å². The van der Waals surface area contributed by atoms with Crippen LogP contribution in [0.25, 0.3) is 0 Å². The maximum atomic E-state index is 12.1. The highest BCUT2D eigenvalue weighted by atomic mass is 16.4. The quantitative estimate of drug-likeness (QED) is 0.870. The smallest absolute Gasteiger partial charge is 0.326 e. The van der Waals surface area contributed by atoms with Gasteiger partial charge < -0.3 is 15.3 Å². The Balaban J connectivity index is 2.98. The number of para-hydroxylation sites is 1. The van der Waals surface area contributed by atoms with Gasteiger partial charge in [0.2, 0.25) is 0 Å². The first-order valence-corrected chi connectivity index (χ1v) is 6.79. The molecule has 5 nitrogen and oxygen atoms in total. The number of carboxylic acids is 1. The fourth-order valence-corrected chi connectivity index (χ4v) is 1.94. The third-order valence-corrected chi connectivity index (χ3v) is 3.49. The second kappa shape index (κ2) is 6.93. The monoisotopic (exact) mass is 278 g/mol. The number of aliphatic carboxylic acids is 1. The van der Waals surface area contributed by atoms with Crippen LogP contribution >= 0.6 is 0 Å². The first kappa shape index (κ1) is 16.0. The number of carbonyl (C=O) groups is 2. The van der Waals surface area contributed by atoms with Crippen LogP contribution in [-0.4, -0.2) is 35.1 Å². The summed E-state index contributed by atoms with van der Waals surface area (Å²) in [7, 11) is 1.48. The van der Waals surface area contributed by atoms with Gasteiger partial charge in [-0.1, -0.05) is 32.0 Å². The molecule has 2 N–H and O–H groups in total. The summed E-state index contributed by atoms with van der Waals surface area (Å²) in [6.45, 7) is 5.52. The van der Waals surface area contributed by atoms with Crippen molar-refractivity contribution in [1.29, 1.82) is 0 Å². The maximum absolute atomic E-state index is 12.1. The lowest BCUT2D eigenvalue weighted by Gasteiger charge is -2.23. The number of urea groups is 1. The van der Waals surface area contributed by atoms with Crippen LogP contribution in [-0.2, 0) is 17.6 Å². The third-order valence-electron chi connectivity index (χ3n) is 3.49. The van der Waals surface area contributed by atoms with E-state index >= 15 is 0 Å². The van der Waals surface area contributed by atoms with Gasteiger partial charge in [0, 0.05) is 12.7 Å². The molecule has 1 aromatic carbocycles. The highest BCUT2D eigenvalue weighted by molar-refractivity contribution is 5.93. The number of carbonyl (C=O) groups excluding carboxylic acids is 1. The Morgan fingerprint density at radius 2 is 1.75 bits per heavy atom. The summed E-state index contributed by atoms with van der Waals surface area (Å²) in [5.74, 6) is -1.03. The van der Waals surface area contributed by atoms with Crippen LogP contribution in [0.5, 0.6) is 0 Å². The summed E-state index contributed by atoms with van der Waals surface area (Å²) >= 11 is 0. The summed E-state index contributed by atoms with van der Waals surface area (Å²) < 4.78 is 0. The highest BCUT2D eigenvalue weighted by Gasteiger charge is 2.22. The average molecular weight is 278 g/mol. The Labute approximate surface area is 119 Å². The van der Waals surface area contributed by atoms with E-state index in [1.807, 2.05) is 32.0 Å². The lowest BCUT2D eigenvalue weighted by atomic mass is 10.0. The van der Waals surface area contributed by atoms with Gasteiger partial charge in [0.25, 0.3) is 0 Å². The predicted octanol–water partition coefficient (Wildman–Crippen LogP) is 2.75. The van der Waals surface area contributed by atoms with Crippen LogP contribution in [0.15, 0.2) is 18.2 Å². The molecule has 1 aromatic rings. The van der Waals surface area contributed by atoms with Crippen molar-refractivity contribution < 1.29 is 14.7 Å². The van der Waals surface area contributed by atoms with Crippen LogP contribution in [0.4, 0.5) is 10.5 Å². The van der Waals surface area contributed by atoms with Crippen molar-refractivity contribution in [3.05, 3.63) is 29.3 Å². The molecule has 0 aliphatic rings. The maximum Gasteiger partial charge on any atom is 0.326 e. The first-order chi connectivity index (χ1) is 9.42. The predicted molar refractivity (Wildman–Crippen MR) is 79.1 cm³/mol. The molecule has 0 fully saturated rings. The van der Waals surface area contributed by atoms with Crippen molar-refractivity contribution >= 4 is 17.7 Å². The highest BCUT2D eigenvalue weighted by Crippen LogP contribution is 2.23. The second-order valence-electron chi connectivity index (χ2n) is 4.71. The molecule has 0 heterocycles. The molecule has 2 amide bonds. The molecular formula is C15H22N2O3. The van der Waals surface area contributed by atoms with E-state index < -0.39 is 18.0 Å². The molecule has 0 aliphatic carbocycles. The van der Waals surface area contributed by atoms with E-state index in [0.717, 1.165) is 29.7 Å². The molecule has 0 spiro atoms. The number of likely N-dealkylation sites (N-methyl/N-ethyl adjacent to an activating group) is 1. The molecule has 110 valence electrons. The standard InChI is InChI=1S/C15H22N2O3/c1-5-11-8-7-9-12(6-2)13(11)16-15(20)17(4)10(3)14(18)19/h7-10H,5-6H2,1-4H3,(H,16,20)(H,18,19). The molecule has 1 atom stereocenters. The van der Waals surface area contributed by atoms with Crippen molar-refractivity contribution in [2.75, 3.05) is 12.4 Å². The van der Waals surface area contributed by atoms with Gasteiger partial charge in [-0.15, -0.1) is 0 Å². The van der Waals surface area contributed by atoms with Gasteiger partial charge in [0.15, 0.2) is 0 Å². The van der Waals surface area contributed by atoms with Crippen molar-refractivity contribution in [1.82, 2.24) is 4.90 Å². The lowest BCUT2D eigenvalue weighted by molar-refractivity contribution is -0.141. The second-order valence-corrected chi connectivity index (χ2v) is 4.71. The van der Waals surface area contributed by atoms with E-state index in [4.69, 9.17) is 5.11 Å². The van der Waals surface area contributed by atoms with E-state index in [1.54, 1.807) is 0 Å². The fraction of sp³-hybridized carbons (Fsp3) is 0.467. The minimum Gasteiger partial charge on any atom is -0.480 e. The molecule has 0 saturated heterocycles. The largest absolute Gasteiger partial charge is 0.480 e. The number of hydrogen-bond donors (Lipinski definition) is 2. The Hall–Kier alpha value is -2.04. The normalized spacial score (nSPS) is 11.8. The average Bonchev–Trinajstić information content (AvgIpc) is 2.45. The number of rotatable bonds is 5. The van der Waals surface area contributed by atoms with Crippen molar-refractivity contribution in [3.8, 4) is 0 Å². The van der Waals surface area contributed by atoms with Crippen LogP contribution in [0.2, 0.25) is 0 Å². The minimum atomic E-state index is -1.03. The summed E-state index contributed by atoms with van der Waals surface area (Å²) in [6, 6.07) is 4.63. The topological polar surface area (TPSA) is 69.6 Å². The van der Waals surface area contributed by atoms with E-state index in [1.165, 1.54) is 18.9 Å². The van der Waals surface area contributed by atoms with E-state index in [-0.39, 0.29) is 0 Å². The number of amides is 2. The zero-order valence-corrected chi connectivity index (χ0v) is 12.4. The molecule has 0 saturated carbocycles. The molecule has 0 aromatic heterocycles. The van der Waals surface area contributed by atoms with E-state index in [0.29, 0.717) is 0 Å². The molecule has 0 aliphatic heterocycles. The zero-order valence-electron chi connectivity index (χ0n) is 12.4. The van der Waals surface area contributed by atoms with Crippen molar-refractivity contribution in [2.24, 2.45) is 0 Å². The number of nitrogens with one attached hydrogen (secondary N) is 1. The molecule has 0 bridgehead atoms. The van der Waals surface area contributed by atoms with Crippen LogP contribution in [0.3, 0.4) is 0 Å². The van der Waals surface area contributed by atoms with E-state index in [2.05, 4.69) is 5.32 Å². The number of carboxylic acid groups (broad SMARTS) is 1. The lowest BCUT2D eigenvalue weighted by Crippen LogP contribution is -2.42. The molecular weight excluding hydrogens is 256 g/mol. The third kappa shape index (κ3) is 3.50. The van der Waals surface area contributed by atoms with Gasteiger partial charge >= 0.3 is 12.0 Å². The molecule has 5 heteroatoms. The Bertz CT molecular complexity index is 478. The summed E-state index contributed by atoms with van der Waals surface area (Å²) in [5.41, 5.74) is 2.90. The number of nitrogens with zero attached hydrogens (tertiary/aromatic N) is 1. The Morgan fingerprint density at radius 3 is 2.15 bits per heavy atom. The van der Waals surface area contributed by atoms with Crippen LogP contribution in [0.1, 0.15) is 31.9 Å². The number of aryl methyl sites for hydroxylation is 2. The summed E-state index contributed by atoms with van der Waals surface area (Å²) in [6.07, 6.45) is 1.61. The van der Waals surface area contributed by atoms with Gasteiger partial charge in [-0.3, -0.25) is 0 Å².